The van der Waals surface area contributed by atoms with E-state index in [1.54, 1.807) is 0 Å². The van der Waals surface area contributed by atoms with Crippen molar-refractivity contribution in [3.05, 3.63) is 0 Å². The first-order valence-electron chi connectivity index (χ1n) is 2.80. The Kier molecular flexibility index (Phi) is 21.1. The average molecular weight is 118 g/mol. The molecule has 0 rings (SSSR count). The molecule has 8 heavy (non-hydrogen) atoms. The highest BCUT2D eigenvalue weighted by molar-refractivity contribution is 5.44. The summed E-state index contributed by atoms with van der Waals surface area (Å²) in [6.45, 7) is 7.11. The summed E-state index contributed by atoms with van der Waals surface area (Å²) in [6.07, 6.45) is 0.750. The quantitative estimate of drug-likeness (QED) is 0.510. The molecule has 50 valence electrons. The number of carbonyl (C=O) groups is 1. The standard InChI is InChI=1S/C4H10O.C2H4O/c1-3-5-4-2;1-2-3/h3-4H2,1-2H3;2H,1H3. The van der Waals surface area contributed by atoms with Crippen LogP contribution in [-0.2, 0) is 9.53 Å². The van der Waals surface area contributed by atoms with Gasteiger partial charge in [-0.1, -0.05) is 0 Å². The Balaban J connectivity index is 0. The highest BCUT2D eigenvalue weighted by atomic mass is 16.5. The molecular formula is C6H14O2. The molecule has 0 aromatic carbocycles. The fourth-order valence-electron chi connectivity index (χ4n) is 0.204. The molecule has 0 aliphatic carbocycles. The van der Waals surface area contributed by atoms with Gasteiger partial charge in [0.1, 0.15) is 6.29 Å². The van der Waals surface area contributed by atoms with E-state index in [9.17, 15) is 0 Å². The van der Waals surface area contributed by atoms with Crippen LogP contribution >= 0.6 is 0 Å². The minimum atomic E-state index is 0.750. The van der Waals surface area contributed by atoms with Gasteiger partial charge in [-0.15, -0.1) is 0 Å². The molecule has 0 bridgehead atoms. The number of aldehydes is 1. The smallest absolute Gasteiger partial charge is 0.116 e. The lowest BCUT2D eigenvalue weighted by Crippen LogP contribution is -1.84. The van der Waals surface area contributed by atoms with Gasteiger partial charge >= 0.3 is 0 Å². The Morgan fingerprint density at radius 3 is 1.62 bits per heavy atom. The minimum absolute atomic E-state index is 0.750. The second kappa shape index (κ2) is 15.9. The van der Waals surface area contributed by atoms with E-state index in [1.807, 2.05) is 13.8 Å². The fourth-order valence-corrected chi connectivity index (χ4v) is 0.204. The SMILES string of the molecule is CC=O.CCOCC. The van der Waals surface area contributed by atoms with Gasteiger partial charge in [0.2, 0.25) is 0 Å². The van der Waals surface area contributed by atoms with E-state index in [4.69, 9.17) is 9.53 Å². The van der Waals surface area contributed by atoms with E-state index in [0.717, 1.165) is 19.5 Å². The first-order chi connectivity index (χ1) is 3.83. The maximum absolute atomic E-state index is 8.81. The van der Waals surface area contributed by atoms with Crippen LogP contribution in [0, 0.1) is 0 Å². The molecule has 2 heteroatoms. The summed E-state index contributed by atoms with van der Waals surface area (Å²) in [7, 11) is 0. The maximum atomic E-state index is 8.81. The van der Waals surface area contributed by atoms with Crippen molar-refractivity contribution in [2.24, 2.45) is 0 Å². The molecule has 0 fully saturated rings. The van der Waals surface area contributed by atoms with Gasteiger partial charge in [0.05, 0.1) is 0 Å². The number of hydrogen-bond donors (Lipinski definition) is 0. The van der Waals surface area contributed by atoms with Crippen molar-refractivity contribution < 1.29 is 9.53 Å². The van der Waals surface area contributed by atoms with Gasteiger partial charge in [0.25, 0.3) is 0 Å². The normalized spacial score (nSPS) is 6.88. The van der Waals surface area contributed by atoms with Crippen LogP contribution in [0.1, 0.15) is 20.8 Å². The van der Waals surface area contributed by atoms with E-state index < -0.39 is 0 Å². The molecule has 0 aromatic rings. The highest BCUT2D eigenvalue weighted by Crippen LogP contribution is 1.64. The topological polar surface area (TPSA) is 26.3 Å². The molecule has 0 aromatic heterocycles. The number of ether oxygens (including phenoxy) is 1. The second-order valence-electron chi connectivity index (χ2n) is 1.02. The summed E-state index contributed by atoms with van der Waals surface area (Å²) in [5.74, 6) is 0. The third-order valence-corrected chi connectivity index (χ3v) is 0.408. The van der Waals surface area contributed by atoms with Crippen LogP contribution in [0.3, 0.4) is 0 Å². The molecule has 0 N–H and O–H groups in total. The van der Waals surface area contributed by atoms with Crippen molar-refractivity contribution in [3.8, 4) is 0 Å². The van der Waals surface area contributed by atoms with E-state index in [2.05, 4.69) is 0 Å². The monoisotopic (exact) mass is 118 g/mol. The lowest BCUT2D eigenvalue weighted by molar-refractivity contribution is -0.106. The zero-order valence-corrected chi connectivity index (χ0v) is 5.81. The van der Waals surface area contributed by atoms with Gasteiger partial charge in [-0.2, -0.15) is 0 Å². The summed E-state index contributed by atoms with van der Waals surface area (Å²) in [6, 6.07) is 0. The number of hydrogen-bond acceptors (Lipinski definition) is 2. The lowest BCUT2D eigenvalue weighted by Gasteiger charge is -1.86. The minimum Gasteiger partial charge on any atom is -0.382 e. The van der Waals surface area contributed by atoms with Crippen molar-refractivity contribution >= 4 is 6.29 Å². The summed E-state index contributed by atoms with van der Waals surface area (Å²) in [5, 5.41) is 0. The highest BCUT2D eigenvalue weighted by Gasteiger charge is 1.64. The zero-order chi connectivity index (χ0) is 6.83. The second-order valence-corrected chi connectivity index (χ2v) is 1.02. The molecule has 0 radical (unpaired) electrons. The summed E-state index contributed by atoms with van der Waals surface area (Å²) in [4.78, 5) is 8.81. The van der Waals surface area contributed by atoms with Gasteiger partial charge in [-0.3, -0.25) is 0 Å². The molecule has 0 spiro atoms. The predicted octanol–water partition coefficient (Wildman–Crippen LogP) is 1.25. The molecular weight excluding hydrogens is 104 g/mol. The van der Waals surface area contributed by atoms with Crippen molar-refractivity contribution in [3.63, 3.8) is 0 Å². The van der Waals surface area contributed by atoms with E-state index in [-0.39, 0.29) is 0 Å². The third-order valence-electron chi connectivity index (χ3n) is 0.408. The van der Waals surface area contributed by atoms with Crippen molar-refractivity contribution in [2.75, 3.05) is 13.2 Å². The van der Waals surface area contributed by atoms with Crippen LogP contribution in [0.4, 0.5) is 0 Å². The Bertz CT molecular complexity index is 33.5. The van der Waals surface area contributed by atoms with Crippen LogP contribution < -0.4 is 0 Å². The van der Waals surface area contributed by atoms with Crippen molar-refractivity contribution in [1.29, 1.82) is 0 Å². The van der Waals surface area contributed by atoms with Crippen molar-refractivity contribution in [1.82, 2.24) is 0 Å². The van der Waals surface area contributed by atoms with Gasteiger partial charge < -0.3 is 9.53 Å². The summed E-state index contributed by atoms with van der Waals surface area (Å²) >= 11 is 0. The van der Waals surface area contributed by atoms with Crippen LogP contribution in [0.5, 0.6) is 0 Å². The molecule has 0 heterocycles. The largest absolute Gasteiger partial charge is 0.382 e. The molecule has 0 aliphatic heterocycles. The molecule has 0 atom stereocenters. The third kappa shape index (κ3) is 45.4. The first kappa shape index (κ1) is 10.6. The fraction of sp³-hybridized carbons (Fsp3) is 0.833. The number of rotatable bonds is 2. The van der Waals surface area contributed by atoms with Crippen LogP contribution in [0.2, 0.25) is 0 Å². The van der Waals surface area contributed by atoms with E-state index >= 15 is 0 Å². The molecule has 0 aliphatic rings. The maximum Gasteiger partial charge on any atom is 0.116 e. The number of carbonyl (C=O) groups excluding carboxylic acids is 1. The van der Waals surface area contributed by atoms with Gasteiger partial charge in [0, 0.05) is 13.2 Å². The van der Waals surface area contributed by atoms with Gasteiger partial charge in [0.15, 0.2) is 0 Å². The molecule has 0 unspecified atom stereocenters. The molecule has 2 nitrogen and oxygen atoms in total. The van der Waals surface area contributed by atoms with Crippen LogP contribution in [0.15, 0.2) is 0 Å². The Labute approximate surface area is 50.8 Å². The van der Waals surface area contributed by atoms with Gasteiger partial charge in [-0.05, 0) is 20.8 Å². The lowest BCUT2D eigenvalue weighted by atomic mass is 10.8. The van der Waals surface area contributed by atoms with E-state index in [1.165, 1.54) is 6.92 Å². The predicted molar refractivity (Wildman–Crippen MR) is 33.9 cm³/mol. The van der Waals surface area contributed by atoms with Crippen LogP contribution in [0.25, 0.3) is 0 Å². The average Bonchev–Trinajstić information content (AvgIpc) is 1.71. The Morgan fingerprint density at radius 1 is 1.38 bits per heavy atom. The van der Waals surface area contributed by atoms with Crippen molar-refractivity contribution in [2.45, 2.75) is 20.8 Å². The van der Waals surface area contributed by atoms with Gasteiger partial charge in [-0.25, -0.2) is 0 Å². The summed E-state index contributed by atoms with van der Waals surface area (Å²) < 4.78 is 4.83. The summed E-state index contributed by atoms with van der Waals surface area (Å²) in [5.41, 5.74) is 0. The first-order valence-corrected chi connectivity index (χ1v) is 2.80. The Hall–Kier alpha value is -0.370. The molecule has 0 saturated heterocycles. The zero-order valence-electron chi connectivity index (χ0n) is 5.81. The molecule has 0 saturated carbocycles. The van der Waals surface area contributed by atoms with Crippen LogP contribution in [-0.4, -0.2) is 19.5 Å². The Morgan fingerprint density at radius 2 is 1.62 bits per heavy atom. The van der Waals surface area contributed by atoms with E-state index in [0.29, 0.717) is 0 Å². The molecule has 0 amide bonds.